The lowest BCUT2D eigenvalue weighted by Crippen LogP contribution is -2.31. The summed E-state index contributed by atoms with van der Waals surface area (Å²) in [5, 5.41) is 17.6. The number of carboxylic acid groups (broad SMARTS) is 1. The summed E-state index contributed by atoms with van der Waals surface area (Å²) in [7, 11) is 0. The molecule has 8 heteroatoms. The van der Waals surface area contributed by atoms with Crippen LogP contribution in [-0.4, -0.2) is 38.1 Å². The summed E-state index contributed by atoms with van der Waals surface area (Å²) < 4.78 is 0.357. The van der Waals surface area contributed by atoms with Gasteiger partial charge in [0.05, 0.1) is 10.6 Å². The molecule has 118 valence electrons. The normalized spacial score (nSPS) is 22.5. The molecular formula is C15H13N3O3S2. The van der Waals surface area contributed by atoms with Gasteiger partial charge in [0.2, 0.25) is 0 Å². The number of hydrogen-bond donors (Lipinski definition) is 2. The number of benzene rings is 1. The van der Waals surface area contributed by atoms with Crippen molar-refractivity contribution < 1.29 is 14.7 Å². The van der Waals surface area contributed by atoms with Crippen LogP contribution in [0, 0.1) is 6.92 Å². The van der Waals surface area contributed by atoms with Crippen molar-refractivity contribution in [3.8, 4) is 0 Å². The summed E-state index contributed by atoms with van der Waals surface area (Å²) in [6.45, 7) is 1.98. The molecule has 2 N–H and O–H groups in total. The van der Waals surface area contributed by atoms with Gasteiger partial charge in [-0.3, -0.25) is 9.80 Å². The van der Waals surface area contributed by atoms with E-state index in [2.05, 4.69) is 10.4 Å². The fraction of sp³-hybridized carbons (Fsp3) is 0.200. The molecule has 0 aliphatic carbocycles. The summed E-state index contributed by atoms with van der Waals surface area (Å²) in [5.41, 5.74) is 2.68. The molecule has 6 nitrogen and oxygen atoms in total. The molecule has 0 radical (unpaired) electrons. The first-order valence-electron chi connectivity index (χ1n) is 6.84. The molecule has 0 saturated carbocycles. The topological polar surface area (TPSA) is 82.0 Å². The van der Waals surface area contributed by atoms with Gasteiger partial charge in [-0.25, -0.2) is 4.79 Å². The number of nitrogens with one attached hydrogen (secondary N) is 1. The van der Waals surface area contributed by atoms with Crippen LogP contribution in [0.2, 0.25) is 0 Å². The van der Waals surface area contributed by atoms with Gasteiger partial charge in [-0.05, 0) is 12.5 Å². The molecule has 1 unspecified atom stereocenters. The van der Waals surface area contributed by atoms with Crippen LogP contribution in [0.3, 0.4) is 0 Å². The molecular weight excluding hydrogens is 334 g/mol. The van der Waals surface area contributed by atoms with Gasteiger partial charge >= 0.3 is 5.97 Å². The van der Waals surface area contributed by atoms with Crippen molar-refractivity contribution in [2.24, 2.45) is 5.10 Å². The summed E-state index contributed by atoms with van der Waals surface area (Å²) in [6.07, 6.45) is 1.72. The van der Waals surface area contributed by atoms with Gasteiger partial charge < -0.3 is 10.4 Å². The van der Waals surface area contributed by atoms with Crippen LogP contribution in [0.25, 0.3) is 0 Å². The highest BCUT2D eigenvalue weighted by atomic mass is 32.2. The van der Waals surface area contributed by atoms with E-state index in [0.717, 1.165) is 22.9 Å². The lowest BCUT2D eigenvalue weighted by Gasteiger charge is -2.15. The second-order valence-corrected chi connectivity index (χ2v) is 6.91. The maximum atomic E-state index is 11.7. The van der Waals surface area contributed by atoms with Crippen LogP contribution in [-0.2, 0) is 9.59 Å². The third kappa shape index (κ3) is 3.27. The van der Waals surface area contributed by atoms with Gasteiger partial charge in [0.25, 0.3) is 5.91 Å². The molecule has 1 atom stereocenters. The van der Waals surface area contributed by atoms with E-state index >= 15 is 0 Å². The van der Waals surface area contributed by atoms with Gasteiger partial charge in [0.15, 0.2) is 6.04 Å². The quantitative estimate of drug-likeness (QED) is 0.641. The molecule has 1 aromatic rings. The first-order chi connectivity index (χ1) is 10.9. The molecule has 2 heterocycles. The van der Waals surface area contributed by atoms with Crippen LogP contribution in [0.5, 0.6) is 0 Å². The Labute approximate surface area is 142 Å². The number of rotatable bonds is 3. The zero-order valence-electron chi connectivity index (χ0n) is 12.1. The summed E-state index contributed by atoms with van der Waals surface area (Å²) in [5.74, 6) is -1.32. The van der Waals surface area contributed by atoms with E-state index in [1.807, 2.05) is 31.2 Å². The number of carbonyl (C=O) groups is 2. The van der Waals surface area contributed by atoms with Gasteiger partial charge in [-0.2, -0.15) is 5.10 Å². The van der Waals surface area contributed by atoms with Gasteiger partial charge in [-0.1, -0.05) is 53.8 Å². The van der Waals surface area contributed by atoms with Crippen molar-refractivity contribution in [1.29, 1.82) is 0 Å². The number of thiocarbonyl (C=S) groups is 1. The third-order valence-corrected chi connectivity index (χ3v) is 4.65. The van der Waals surface area contributed by atoms with Gasteiger partial charge in [0, 0.05) is 12.6 Å². The van der Waals surface area contributed by atoms with E-state index in [-0.39, 0.29) is 12.3 Å². The van der Waals surface area contributed by atoms with E-state index < -0.39 is 12.0 Å². The number of carboxylic acids is 1. The van der Waals surface area contributed by atoms with Gasteiger partial charge in [0.1, 0.15) is 4.32 Å². The smallest absolute Gasteiger partial charge is 0.328 e. The number of aliphatic carboxylic acids is 1. The van der Waals surface area contributed by atoms with E-state index in [4.69, 9.17) is 12.2 Å². The molecule has 0 spiro atoms. The van der Waals surface area contributed by atoms with Crippen molar-refractivity contribution in [1.82, 2.24) is 10.3 Å². The Hall–Kier alpha value is -2.19. The molecule has 0 aromatic heterocycles. The Kier molecular flexibility index (Phi) is 4.18. The first-order valence-corrected chi connectivity index (χ1v) is 8.07. The highest BCUT2D eigenvalue weighted by Crippen LogP contribution is 2.28. The number of hydrogen-bond acceptors (Lipinski definition) is 6. The minimum absolute atomic E-state index is 0.277. The molecule has 1 amide bonds. The van der Waals surface area contributed by atoms with Crippen molar-refractivity contribution >= 4 is 45.9 Å². The Morgan fingerprint density at radius 3 is 2.74 bits per heavy atom. The second kappa shape index (κ2) is 6.13. The Morgan fingerprint density at radius 2 is 2.17 bits per heavy atom. The summed E-state index contributed by atoms with van der Waals surface area (Å²) in [6, 6.07) is 6.90. The fourth-order valence-electron chi connectivity index (χ4n) is 2.30. The molecule has 23 heavy (non-hydrogen) atoms. The molecule has 2 aliphatic rings. The summed E-state index contributed by atoms with van der Waals surface area (Å²) >= 11 is 6.03. The Morgan fingerprint density at radius 1 is 1.48 bits per heavy atom. The monoisotopic (exact) mass is 347 g/mol. The van der Waals surface area contributed by atoms with Crippen molar-refractivity contribution in [3.63, 3.8) is 0 Å². The highest BCUT2D eigenvalue weighted by Gasteiger charge is 2.34. The van der Waals surface area contributed by atoms with Crippen molar-refractivity contribution in [2.75, 3.05) is 0 Å². The average molecular weight is 347 g/mol. The molecule has 3 rings (SSSR count). The lowest BCUT2D eigenvalue weighted by molar-refractivity contribution is -0.141. The number of nitrogens with zero attached hydrogens (tertiary/aromatic N) is 2. The van der Waals surface area contributed by atoms with Crippen molar-refractivity contribution in [3.05, 3.63) is 46.5 Å². The number of carbonyl (C=O) groups excluding carboxylic acids is 1. The third-order valence-electron chi connectivity index (χ3n) is 3.50. The maximum Gasteiger partial charge on any atom is 0.328 e. The predicted molar refractivity (Wildman–Crippen MR) is 92.0 cm³/mol. The molecule has 1 fully saturated rings. The first kappa shape index (κ1) is 15.7. The molecule has 1 aromatic carbocycles. The van der Waals surface area contributed by atoms with Crippen LogP contribution in [0.1, 0.15) is 17.5 Å². The predicted octanol–water partition coefficient (Wildman–Crippen LogP) is 1.85. The largest absolute Gasteiger partial charge is 0.480 e. The van der Waals surface area contributed by atoms with Crippen LogP contribution in [0.15, 0.2) is 40.5 Å². The van der Waals surface area contributed by atoms with Crippen molar-refractivity contribution in [2.45, 2.75) is 19.4 Å². The highest BCUT2D eigenvalue weighted by molar-refractivity contribution is 8.26. The maximum absolute atomic E-state index is 11.7. The second-order valence-electron chi connectivity index (χ2n) is 5.19. The van der Waals surface area contributed by atoms with E-state index in [1.54, 1.807) is 0 Å². The Balaban J connectivity index is 1.91. The zero-order valence-corrected chi connectivity index (χ0v) is 13.8. The number of amides is 1. The van der Waals surface area contributed by atoms with Gasteiger partial charge in [-0.15, -0.1) is 0 Å². The standard InChI is InChI=1S/C15H13N3O3S2/c1-8-2-4-9(5-3-8)10-6-11(14(20)21)18(17-10)7-12-13(19)16-15(22)23-12/h2-5,7,11H,6H2,1H3,(H,20,21)(H,16,19,22)/b12-7-. The Bertz CT molecular complexity index is 756. The number of thioether (sulfide) groups is 1. The minimum Gasteiger partial charge on any atom is -0.480 e. The summed E-state index contributed by atoms with van der Waals surface area (Å²) in [4.78, 5) is 23.6. The minimum atomic E-state index is -0.987. The fourth-order valence-corrected chi connectivity index (χ4v) is 3.31. The van der Waals surface area contributed by atoms with E-state index in [9.17, 15) is 14.7 Å². The zero-order chi connectivity index (χ0) is 16.6. The molecule has 0 bridgehead atoms. The average Bonchev–Trinajstić information content (AvgIpc) is 3.04. The van der Waals surface area contributed by atoms with E-state index in [0.29, 0.717) is 14.9 Å². The van der Waals surface area contributed by atoms with E-state index in [1.165, 1.54) is 11.2 Å². The van der Waals surface area contributed by atoms with Crippen LogP contribution >= 0.6 is 24.0 Å². The number of aryl methyl sites for hydroxylation is 1. The van der Waals surface area contributed by atoms with Crippen LogP contribution < -0.4 is 5.32 Å². The van der Waals surface area contributed by atoms with Crippen LogP contribution in [0.4, 0.5) is 0 Å². The molecule has 2 aliphatic heterocycles. The molecule has 1 saturated heterocycles. The lowest BCUT2D eigenvalue weighted by atomic mass is 10.0. The number of hydrazone groups is 1. The SMILES string of the molecule is Cc1ccc(C2=NN(/C=C3\SC(=S)NC3=O)C(C(=O)O)C2)cc1.